The molecule has 0 unspecified atom stereocenters. The molecule has 2 aromatic rings. The molecule has 0 amide bonds. The molecular formula is C15H11F2NO5S. The highest BCUT2D eigenvalue weighted by molar-refractivity contribution is 7.92. The van der Waals surface area contributed by atoms with Crippen LogP contribution in [0.1, 0.15) is 15.9 Å². The predicted molar refractivity (Wildman–Crippen MR) is 80.5 cm³/mol. The van der Waals surface area contributed by atoms with Crippen molar-refractivity contribution in [2.45, 2.75) is 6.61 Å². The zero-order valence-electron chi connectivity index (χ0n) is 12.3. The number of sulfonamides is 1. The first-order chi connectivity index (χ1) is 11.2. The Labute approximate surface area is 136 Å². The van der Waals surface area contributed by atoms with Gasteiger partial charge in [0.15, 0.2) is 17.3 Å². The Hall–Kier alpha value is -2.68. The van der Waals surface area contributed by atoms with E-state index >= 15 is 0 Å². The van der Waals surface area contributed by atoms with E-state index in [1.54, 1.807) is 0 Å². The standard InChI is InChI=1S/C15H11F2NO5S/c1-24(20,21)18-12-4-8-7-22-15(19)10(8)6-14(12)23-13-3-2-9(16)5-11(13)17/h2-6,18H,7H2,1H3. The van der Waals surface area contributed by atoms with Crippen molar-refractivity contribution in [1.82, 2.24) is 0 Å². The number of carbonyl (C=O) groups is 1. The van der Waals surface area contributed by atoms with Gasteiger partial charge in [-0.3, -0.25) is 4.72 Å². The van der Waals surface area contributed by atoms with Gasteiger partial charge in [0, 0.05) is 11.6 Å². The third-order valence-corrected chi connectivity index (χ3v) is 3.78. The van der Waals surface area contributed by atoms with Crippen LogP contribution in [0.25, 0.3) is 0 Å². The lowest BCUT2D eigenvalue weighted by Crippen LogP contribution is -2.11. The van der Waals surface area contributed by atoms with Crippen LogP contribution in [0.15, 0.2) is 30.3 Å². The lowest BCUT2D eigenvalue weighted by atomic mass is 10.1. The molecule has 0 saturated carbocycles. The summed E-state index contributed by atoms with van der Waals surface area (Å²) >= 11 is 0. The van der Waals surface area contributed by atoms with Gasteiger partial charge < -0.3 is 9.47 Å². The van der Waals surface area contributed by atoms with E-state index in [1.165, 1.54) is 12.1 Å². The normalized spacial score (nSPS) is 13.4. The molecule has 1 aliphatic heterocycles. The third-order valence-electron chi connectivity index (χ3n) is 3.19. The highest BCUT2D eigenvalue weighted by atomic mass is 32.2. The lowest BCUT2D eigenvalue weighted by molar-refractivity contribution is 0.0535. The molecule has 0 bridgehead atoms. The molecule has 24 heavy (non-hydrogen) atoms. The Morgan fingerprint density at radius 2 is 1.92 bits per heavy atom. The van der Waals surface area contributed by atoms with Crippen molar-refractivity contribution >= 4 is 21.7 Å². The van der Waals surface area contributed by atoms with Crippen LogP contribution in [-0.4, -0.2) is 20.6 Å². The Balaban J connectivity index is 2.07. The minimum absolute atomic E-state index is 0.00218. The first-order valence-corrected chi connectivity index (χ1v) is 8.57. The quantitative estimate of drug-likeness (QED) is 0.853. The van der Waals surface area contributed by atoms with E-state index in [9.17, 15) is 22.0 Å². The maximum absolute atomic E-state index is 13.8. The van der Waals surface area contributed by atoms with Gasteiger partial charge in [0.25, 0.3) is 0 Å². The predicted octanol–water partition coefficient (Wildman–Crippen LogP) is 2.80. The van der Waals surface area contributed by atoms with Gasteiger partial charge in [0.05, 0.1) is 17.5 Å². The van der Waals surface area contributed by atoms with Gasteiger partial charge in [-0.15, -0.1) is 0 Å². The molecule has 0 saturated heterocycles. The van der Waals surface area contributed by atoms with Crippen LogP contribution < -0.4 is 9.46 Å². The van der Waals surface area contributed by atoms with E-state index in [-0.39, 0.29) is 29.4 Å². The number of cyclic esters (lactones) is 1. The highest BCUT2D eigenvalue weighted by Gasteiger charge is 2.25. The van der Waals surface area contributed by atoms with E-state index in [2.05, 4.69) is 4.72 Å². The monoisotopic (exact) mass is 355 g/mol. The summed E-state index contributed by atoms with van der Waals surface area (Å²) in [7, 11) is -3.65. The first-order valence-electron chi connectivity index (χ1n) is 6.68. The maximum atomic E-state index is 13.8. The summed E-state index contributed by atoms with van der Waals surface area (Å²) in [6, 6.07) is 5.30. The smallest absolute Gasteiger partial charge is 0.339 e. The molecule has 3 rings (SSSR count). The molecule has 0 fully saturated rings. The van der Waals surface area contributed by atoms with Gasteiger partial charge >= 0.3 is 5.97 Å². The summed E-state index contributed by atoms with van der Waals surface area (Å²) in [5.41, 5.74) is 0.669. The molecule has 0 aromatic heterocycles. The van der Waals surface area contributed by atoms with Crippen LogP contribution >= 0.6 is 0 Å². The fourth-order valence-electron chi connectivity index (χ4n) is 2.20. The number of carbonyl (C=O) groups excluding carboxylic acids is 1. The SMILES string of the molecule is CS(=O)(=O)Nc1cc2c(cc1Oc1ccc(F)cc1F)C(=O)OC2. The van der Waals surface area contributed by atoms with Crippen LogP contribution in [0.2, 0.25) is 0 Å². The number of esters is 1. The van der Waals surface area contributed by atoms with Gasteiger partial charge in [-0.1, -0.05) is 0 Å². The van der Waals surface area contributed by atoms with Crippen LogP contribution in [0.3, 0.4) is 0 Å². The molecule has 1 heterocycles. The maximum Gasteiger partial charge on any atom is 0.339 e. The minimum Gasteiger partial charge on any atom is -0.457 e. The minimum atomic E-state index is -3.65. The van der Waals surface area contributed by atoms with Crippen LogP contribution in [0.4, 0.5) is 14.5 Å². The molecule has 126 valence electrons. The number of nitrogens with one attached hydrogen (secondary N) is 1. The van der Waals surface area contributed by atoms with Gasteiger partial charge in [0.2, 0.25) is 10.0 Å². The van der Waals surface area contributed by atoms with Crippen LogP contribution in [0, 0.1) is 11.6 Å². The second-order valence-corrected chi connectivity index (χ2v) is 6.88. The molecule has 9 heteroatoms. The van der Waals surface area contributed by atoms with Crippen molar-refractivity contribution in [1.29, 1.82) is 0 Å². The van der Waals surface area contributed by atoms with Crippen molar-refractivity contribution in [3.8, 4) is 11.5 Å². The molecule has 0 aliphatic carbocycles. The molecule has 1 N–H and O–H groups in total. The second kappa shape index (κ2) is 5.75. The third kappa shape index (κ3) is 3.30. The largest absolute Gasteiger partial charge is 0.457 e. The molecule has 2 aromatic carbocycles. The highest BCUT2D eigenvalue weighted by Crippen LogP contribution is 2.36. The van der Waals surface area contributed by atoms with Crippen LogP contribution in [-0.2, 0) is 21.4 Å². The molecule has 0 radical (unpaired) electrons. The van der Waals surface area contributed by atoms with E-state index in [0.29, 0.717) is 11.6 Å². The number of hydrogen-bond donors (Lipinski definition) is 1. The van der Waals surface area contributed by atoms with Gasteiger partial charge in [0.1, 0.15) is 12.4 Å². The van der Waals surface area contributed by atoms with Crippen molar-refractivity contribution in [2.24, 2.45) is 0 Å². The molecule has 1 aliphatic rings. The van der Waals surface area contributed by atoms with E-state index in [0.717, 1.165) is 18.4 Å². The number of anilines is 1. The first kappa shape index (κ1) is 16.2. The average Bonchev–Trinajstić information content (AvgIpc) is 2.81. The van der Waals surface area contributed by atoms with Crippen molar-refractivity contribution in [2.75, 3.05) is 11.0 Å². The number of fused-ring (bicyclic) bond motifs is 1. The summed E-state index contributed by atoms with van der Waals surface area (Å²) in [5.74, 6) is -2.78. The van der Waals surface area contributed by atoms with Gasteiger partial charge in [-0.05, 0) is 24.3 Å². The van der Waals surface area contributed by atoms with Crippen molar-refractivity contribution in [3.05, 3.63) is 53.1 Å². The number of ether oxygens (including phenoxy) is 2. The molecule has 0 atom stereocenters. The Bertz CT molecular complexity index is 943. The molecule has 6 nitrogen and oxygen atoms in total. The summed E-state index contributed by atoms with van der Waals surface area (Å²) in [5, 5.41) is 0. The average molecular weight is 355 g/mol. The molecular weight excluding hydrogens is 344 g/mol. The number of rotatable bonds is 4. The number of halogens is 2. The summed E-state index contributed by atoms with van der Waals surface area (Å²) in [4.78, 5) is 11.6. The van der Waals surface area contributed by atoms with Gasteiger partial charge in [-0.25, -0.2) is 22.0 Å². The fraction of sp³-hybridized carbons (Fsp3) is 0.133. The zero-order chi connectivity index (χ0) is 17.5. The summed E-state index contributed by atoms with van der Waals surface area (Å²) in [6.07, 6.45) is 0.935. The van der Waals surface area contributed by atoms with Crippen LogP contribution in [0.5, 0.6) is 11.5 Å². The zero-order valence-corrected chi connectivity index (χ0v) is 13.1. The fourth-order valence-corrected chi connectivity index (χ4v) is 2.75. The second-order valence-electron chi connectivity index (χ2n) is 5.13. The van der Waals surface area contributed by atoms with E-state index in [4.69, 9.17) is 9.47 Å². The van der Waals surface area contributed by atoms with E-state index in [1.807, 2.05) is 0 Å². The van der Waals surface area contributed by atoms with E-state index < -0.39 is 27.6 Å². The van der Waals surface area contributed by atoms with Crippen molar-refractivity contribution < 1.29 is 31.5 Å². The summed E-state index contributed by atoms with van der Waals surface area (Å²) in [6.45, 7) is -0.00218. The number of hydrogen-bond acceptors (Lipinski definition) is 5. The molecule has 0 spiro atoms. The topological polar surface area (TPSA) is 81.7 Å². The summed E-state index contributed by atoms with van der Waals surface area (Å²) < 4.78 is 62.1. The van der Waals surface area contributed by atoms with Crippen molar-refractivity contribution in [3.63, 3.8) is 0 Å². The number of benzene rings is 2. The lowest BCUT2D eigenvalue weighted by Gasteiger charge is -2.13. The Morgan fingerprint density at radius 1 is 1.17 bits per heavy atom. The Kier molecular flexibility index (Phi) is 3.88. The van der Waals surface area contributed by atoms with Gasteiger partial charge in [-0.2, -0.15) is 0 Å². The Morgan fingerprint density at radius 3 is 2.58 bits per heavy atom.